The van der Waals surface area contributed by atoms with Gasteiger partial charge in [0, 0.05) is 42.7 Å². The standard InChI is InChI=1S/C21H19F3N2O2/c22-21(23,24)16-6-4-5-15(11-16)19(28)25-10-9-20(13-25)12-18(27)26(14-20)17-7-2-1-3-8-17/h1-8,11H,9-10,12-14H2. The first kappa shape index (κ1) is 18.5. The molecule has 1 unspecified atom stereocenters. The van der Waals surface area contributed by atoms with Crippen molar-refractivity contribution in [3.8, 4) is 0 Å². The molecule has 2 heterocycles. The summed E-state index contributed by atoms with van der Waals surface area (Å²) in [5.74, 6) is -0.409. The fourth-order valence-corrected chi connectivity index (χ4v) is 4.13. The van der Waals surface area contributed by atoms with Crippen molar-refractivity contribution in [2.24, 2.45) is 5.41 Å². The molecule has 2 amide bonds. The Hall–Kier alpha value is -2.83. The van der Waals surface area contributed by atoms with E-state index in [4.69, 9.17) is 0 Å². The van der Waals surface area contributed by atoms with Gasteiger partial charge in [0.05, 0.1) is 5.56 Å². The quantitative estimate of drug-likeness (QED) is 0.781. The number of anilines is 1. The second-order valence-electron chi connectivity index (χ2n) is 7.55. The smallest absolute Gasteiger partial charge is 0.338 e. The highest BCUT2D eigenvalue weighted by Gasteiger charge is 2.49. The summed E-state index contributed by atoms with van der Waals surface area (Å²) in [7, 11) is 0. The van der Waals surface area contributed by atoms with Crippen LogP contribution in [-0.4, -0.2) is 36.3 Å². The monoisotopic (exact) mass is 388 g/mol. The third-order valence-electron chi connectivity index (χ3n) is 5.55. The van der Waals surface area contributed by atoms with E-state index in [1.54, 1.807) is 9.80 Å². The van der Waals surface area contributed by atoms with Crippen molar-refractivity contribution in [3.63, 3.8) is 0 Å². The van der Waals surface area contributed by atoms with Crippen molar-refractivity contribution in [3.05, 3.63) is 65.7 Å². The van der Waals surface area contributed by atoms with E-state index < -0.39 is 17.6 Å². The summed E-state index contributed by atoms with van der Waals surface area (Å²) in [4.78, 5) is 28.6. The molecule has 2 aromatic carbocycles. The van der Waals surface area contributed by atoms with Gasteiger partial charge in [0.2, 0.25) is 5.91 Å². The number of likely N-dealkylation sites (tertiary alicyclic amines) is 1. The summed E-state index contributed by atoms with van der Waals surface area (Å²) in [6, 6.07) is 13.9. The van der Waals surface area contributed by atoms with Gasteiger partial charge in [-0.25, -0.2) is 0 Å². The summed E-state index contributed by atoms with van der Waals surface area (Å²) in [5, 5.41) is 0. The van der Waals surface area contributed by atoms with Gasteiger partial charge in [-0.15, -0.1) is 0 Å². The molecule has 4 rings (SSSR count). The number of hydrogen-bond acceptors (Lipinski definition) is 2. The molecule has 0 N–H and O–H groups in total. The van der Waals surface area contributed by atoms with Gasteiger partial charge in [-0.3, -0.25) is 9.59 Å². The maximum Gasteiger partial charge on any atom is 0.416 e. The number of rotatable bonds is 2. The predicted octanol–water partition coefficient (Wildman–Crippen LogP) is 3.97. The Morgan fingerprint density at radius 3 is 2.46 bits per heavy atom. The molecule has 0 saturated carbocycles. The average Bonchev–Trinajstić information content (AvgIpc) is 3.24. The highest BCUT2D eigenvalue weighted by atomic mass is 19.4. The third kappa shape index (κ3) is 3.37. The van der Waals surface area contributed by atoms with Crippen molar-refractivity contribution in [1.29, 1.82) is 0 Å². The van der Waals surface area contributed by atoms with E-state index in [-0.39, 0.29) is 16.9 Å². The van der Waals surface area contributed by atoms with Crippen molar-refractivity contribution in [2.75, 3.05) is 24.5 Å². The first-order valence-corrected chi connectivity index (χ1v) is 9.09. The molecule has 2 aliphatic heterocycles. The Balaban J connectivity index is 1.50. The predicted molar refractivity (Wildman–Crippen MR) is 97.8 cm³/mol. The number of carbonyl (C=O) groups is 2. The van der Waals surface area contributed by atoms with E-state index in [1.165, 1.54) is 12.1 Å². The number of nitrogens with zero attached hydrogens (tertiary/aromatic N) is 2. The lowest BCUT2D eigenvalue weighted by atomic mass is 9.86. The number of hydrogen-bond donors (Lipinski definition) is 0. The van der Waals surface area contributed by atoms with Crippen LogP contribution < -0.4 is 4.90 Å². The van der Waals surface area contributed by atoms with E-state index >= 15 is 0 Å². The number of halogens is 3. The zero-order valence-electron chi connectivity index (χ0n) is 15.1. The van der Waals surface area contributed by atoms with Gasteiger partial charge in [-0.05, 0) is 36.8 Å². The molecule has 0 bridgehead atoms. The minimum atomic E-state index is -4.49. The van der Waals surface area contributed by atoms with E-state index in [9.17, 15) is 22.8 Å². The summed E-state index contributed by atoms with van der Waals surface area (Å²) < 4.78 is 38.8. The van der Waals surface area contributed by atoms with E-state index in [1.807, 2.05) is 30.3 Å². The minimum absolute atomic E-state index is 0.0135. The van der Waals surface area contributed by atoms with Gasteiger partial charge in [0.25, 0.3) is 5.91 Å². The molecular weight excluding hydrogens is 369 g/mol. The maximum absolute atomic E-state index is 12.9. The van der Waals surface area contributed by atoms with Gasteiger partial charge in [-0.1, -0.05) is 24.3 Å². The van der Waals surface area contributed by atoms with Crippen molar-refractivity contribution >= 4 is 17.5 Å². The Morgan fingerprint density at radius 2 is 1.75 bits per heavy atom. The molecule has 146 valence electrons. The van der Waals surface area contributed by atoms with Gasteiger partial charge in [-0.2, -0.15) is 13.2 Å². The lowest BCUT2D eigenvalue weighted by molar-refractivity contribution is -0.137. The number of alkyl halides is 3. The number of benzene rings is 2. The molecule has 0 aromatic heterocycles. The van der Waals surface area contributed by atoms with Crippen LogP contribution >= 0.6 is 0 Å². The Bertz CT molecular complexity index is 913. The fraction of sp³-hybridized carbons (Fsp3) is 0.333. The van der Waals surface area contributed by atoms with E-state index in [0.29, 0.717) is 32.5 Å². The van der Waals surface area contributed by atoms with Crippen LogP contribution in [-0.2, 0) is 11.0 Å². The normalized spacial score (nSPS) is 22.3. The molecular formula is C21H19F3N2O2. The molecule has 2 fully saturated rings. The Kier molecular flexibility index (Phi) is 4.40. The van der Waals surface area contributed by atoms with Gasteiger partial charge in [0.1, 0.15) is 0 Å². The van der Waals surface area contributed by atoms with Crippen molar-refractivity contribution in [2.45, 2.75) is 19.0 Å². The summed E-state index contributed by atoms with van der Waals surface area (Å²) in [6.45, 7) is 1.32. The summed E-state index contributed by atoms with van der Waals surface area (Å²) in [6.07, 6.45) is -3.49. The van der Waals surface area contributed by atoms with Gasteiger partial charge < -0.3 is 9.80 Å². The number of carbonyl (C=O) groups excluding carboxylic acids is 2. The molecule has 0 radical (unpaired) electrons. The Labute approximate surface area is 160 Å². The fourth-order valence-electron chi connectivity index (χ4n) is 4.13. The van der Waals surface area contributed by atoms with Crippen LogP contribution in [0.1, 0.15) is 28.8 Å². The van der Waals surface area contributed by atoms with E-state index in [0.717, 1.165) is 17.8 Å². The number of para-hydroxylation sites is 1. The Morgan fingerprint density at radius 1 is 1.00 bits per heavy atom. The van der Waals surface area contributed by atoms with Crippen LogP contribution in [0.5, 0.6) is 0 Å². The number of amides is 2. The van der Waals surface area contributed by atoms with Crippen LogP contribution in [0.4, 0.5) is 18.9 Å². The summed E-state index contributed by atoms with van der Waals surface area (Å²) in [5.41, 5.74) is -0.328. The molecule has 1 atom stereocenters. The highest BCUT2D eigenvalue weighted by Crippen LogP contribution is 2.42. The van der Waals surface area contributed by atoms with Crippen molar-refractivity contribution < 1.29 is 22.8 Å². The molecule has 7 heteroatoms. The van der Waals surface area contributed by atoms with Gasteiger partial charge in [0.15, 0.2) is 0 Å². The molecule has 4 nitrogen and oxygen atoms in total. The first-order valence-electron chi connectivity index (χ1n) is 9.09. The SMILES string of the molecule is O=C(c1cccc(C(F)(F)F)c1)N1CCC2(CC(=O)N(c3ccccc3)C2)C1. The van der Waals surface area contributed by atoms with Crippen molar-refractivity contribution in [1.82, 2.24) is 4.90 Å². The molecule has 2 saturated heterocycles. The molecule has 2 aromatic rings. The van der Waals surface area contributed by atoms with Crippen LogP contribution in [0.25, 0.3) is 0 Å². The first-order chi connectivity index (χ1) is 13.3. The lowest BCUT2D eigenvalue weighted by Gasteiger charge is -2.24. The lowest BCUT2D eigenvalue weighted by Crippen LogP contribution is -2.34. The van der Waals surface area contributed by atoms with E-state index in [2.05, 4.69) is 0 Å². The van der Waals surface area contributed by atoms with Crippen LogP contribution in [0, 0.1) is 5.41 Å². The molecule has 0 aliphatic carbocycles. The topological polar surface area (TPSA) is 40.6 Å². The zero-order valence-corrected chi connectivity index (χ0v) is 15.1. The second-order valence-corrected chi connectivity index (χ2v) is 7.55. The molecule has 1 spiro atoms. The van der Waals surface area contributed by atoms with Crippen LogP contribution in [0.15, 0.2) is 54.6 Å². The highest BCUT2D eigenvalue weighted by molar-refractivity contribution is 5.97. The minimum Gasteiger partial charge on any atom is -0.338 e. The largest absolute Gasteiger partial charge is 0.416 e. The molecule has 2 aliphatic rings. The third-order valence-corrected chi connectivity index (χ3v) is 5.55. The van der Waals surface area contributed by atoms with Crippen LogP contribution in [0.2, 0.25) is 0 Å². The van der Waals surface area contributed by atoms with Crippen LogP contribution in [0.3, 0.4) is 0 Å². The summed E-state index contributed by atoms with van der Waals surface area (Å²) >= 11 is 0. The average molecular weight is 388 g/mol. The van der Waals surface area contributed by atoms with Gasteiger partial charge >= 0.3 is 6.18 Å². The molecule has 28 heavy (non-hydrogen) atoms. The maximum atomic E-state index is 12.9. The second kappa shape index (κ2) is 6.65. The zero-order chi connectivity index (χ0) is 19.9.